The summed E-state index contributed by atoms with van der Waals surface area (Å²) >= 11 is 6.03. The molecule has 3 rings (SSSR count). The number of aromatic nitrogens is 1. The molecule has 1 N–H and O–H groups in total. The maximum atomic E-state index is 12.7. The fraction of sp³-hybridized carbons (Fsp3) is 0.684. The van der Waals surface area contributed by atoms with Gasteiger partial charge in [-0.15, -0.1) is 0 Å². The highest BCUT2D eigenvalue weighted by Gasteiger charge is 2.32. The predicted molar refractivity (Wildman–Crippen MR) is 102 cm³/mol. The van der Waals surface area contributed by atoms with E-state index in [1.165, 1.54) is 6.42 Å². The van der Waals surface area contributed by atoms with Crippen molar-refractivity contribution in [2.45, 2.75) is 44.8 Å². The van der Waals surface area contributed by atoms with E-state index >= 15 is 0 Å². The molecule has 2 unspecified atom stereocenters. The summed E-state index contributed by atoms with van der Waals surface area (Å²) < 4.78 is 38.2. The average Bonchev–Trinajstić information content (AvgIpc) is 2.63. The van der Waals surface area contributed by atoms with Gasteiger partial charge in [-0.05, 0) is 24.8 Å². The van der Waals surface area contributed by atoms with Gasteiger partial charge >= 0.3 is 6.18 Å². The van der Waals surface area contributed by atoms with E-state index in [4.69, 9.17) is 11.6 Å². The minimum atomic E-state index is -4.46. The number of hydrogen-bond donors (Lipinski definition) is 1. The van der Waals surface area contributed by atoms with E-state index in [1.807, 2.05) is 4.90 Å². The third kappa shape index (κ3) is 5.29. The summed E-state index contributed by atoms with van der Waals surface area (Å²) in [5, 5.41) is 3.15. The summed E-state index contributed by atoms with van der Waals surface area (Å²) in [5.41, 5.74) is -0.853. The molecule has 1 aromatic rings. The van der Waals surface area contributed by atoms with E-state index in [1.54, 1.807) is 0 Å². The van der Waals surface area contributed by atoms with Crippen LogP contribution in [-0.2, 0) is 11.0 Å². The highest BCUT2D eigenvalue weighted by Crippen LogP contribution is 2.33. The Bertz CT molecular complexity index is 692. The van der Waals surface area contributed by atoms with E-state index in [2.05, 4.69) is 22.1 Å². The first kappa shape index (κ1) is 21.2. The summed E-state index contributed by atoms with van der Waals surface area (Å²) in [6.45, 7) is 4.91. The van der Waals surface area contributed by atoms with Crippen LogP contribution in [-0.4, -0.2) is 54.6 Å². The van der Waals surface area contributed by atoms with Gasteiger partial charge in [0.15, 0.2) is 0 Å². The molecule has 0 bridgehead atoms. The van der Waals surface area contributed by atoms with Gasteiger partial charge in [-0.25, -0.2) is 4.98 Å². The summed E-state index contributed by atoms with van der Waals surface area (Å²) in [7, 11) is 0. The van der Waals surface area contributed by atoms with Crippen molar-refractivity contribution in [3.63, 3.8) is 0 Å². The van der Waals surface area contributed by atoms with E-state index in [9.17, 15) is 18.0 Å². The number of hydrogen-bond acceptors (Lipinski definition) is 4. The van der Waals surface area contributed by atoms with Crippen molar-refractivity contribution in [3.8, 4) is 0 Å². The number of rotatable bonds is 4. The largest absolute Gasteiger partial charge is 0.417 e. The number of nitrogens with one attached hydrogen (secondary N) is 1. The monoisotopic (exact) mass is 418 g/mol. The first-order valence-electron chi connectivity index (χ1n) is 9.73. The zero-order chi connectivity index (χ0) is 20.3. The number of carbonyl (C=O) groups excluding carboxylic acids is 1. The molecule has 1 saturated carbocycles. The molecule has 0 spiro atoms. The highest BCUT2D eigenvalue weighted by molar-refractivity contribution is 6.33. The molecule has 28 heavy (non-hydrogen) atoms. The molecular weight excluding hydrogens is 393 g/mol. The molecule has 2 fully saturated rings. The van der Waals surface area contributed by atoms with Gasteiger partial charge in [0.1, 0.15) is 5.82 Å². The van der Waals surface area contributed by atoms with Crippen LogP contribution in [0, 0.1) is 5.92 Å². The second-order valence-electron chi connectivity index (χ2n) is 7.73. The van der Waals surface area contributed by atoms with Gasteiger partial charge in [0.05, 0.1) is 17.1 Å². The lowest BCUT2D eigenvalue weighted by Gasteiger charge is -2.36. The lowest BCUT2D eigenvalue weighted by molar-refractivity contribution is -0.137. The average molecular weight is 419 g/mol. The maximum absolute atomic E-state index is 12.7. The molecular formula is C19H26ClF3N4O. The lowest BCUT2D eigenvalue weighted by Crippen LogP contribution is -2.51. The van der Waals surface area contributed by atoms with Crippen LogP contribution in [0.1, 0.15) is 38.2 Å². The molecule has 2 heterocycles. The van der Waals surface area contributed by atoms with Crippen molar-refractivity contribution < 1.29 is 18.0 Å². The molecule has 0 aromatic carbocycles. The normalized spacial score (nSPS) is 24.2. The molecule has 1 aromatic heterocycles. The molecule has 9 heteroatoms. The van der Waals surface area contributed by atoms with Crippen LogP contribution >= 0.6 is 11.6 Å². The van der Waals surface area contributed by atoms with Gasteiger partial charge in [0, 0.05) is 38.4 Å². The standard InChI is InChI=1S/C19H26ClF3N4O/c1-13-4-2-3-5-16(13)25-17(28)12-26-6-8-27(9-7-26)18-15(20)10-14(11-24-18)19(21,22)23/h10-11,13,16H,2-9,12H2,1H3,(H,25,28). The van der Waals surface area contributed by atoms with Gasteiger partial charge in [-0.3, -0.25) is 9.69 Å². The number of pyridine rings is 1. The third-order valence-corrected chi connectivity index (χ3v) is 5.92. The number of amides is 1. The van der Waals surface area contributed by atoms with Crippen molar-refractivity contribution in [1.29, 1.82) is 0 Å². The molecule has 2 atom stereocenters. The Labute approximate surface area is 168 Å². The summed E-state index contributed by atoms with van der Waals surface area (Å²) in [5.74, 6) is 0.912. The number of halogens is 4. The summed E-state index contributed by atoms with van der Waals surface area (Å²) in [6.07, 6.45) is 0.942. The van der Waals surface area contributed by atoms with Crippen molar-refractivity contribution in [2.24, 2.45) is 5.92 Å². The molecule has 1 aliphatic carbocycles. The molecule has 1 amide bonds. The van der Waals surface area contributed by atoms with E-state index in [-0.39, 0.29) is 17.0 Å². The Kier molecular flexibility index (Phi) is 6.70. The fourth-order valence-electron chi connectivity index (χ4n) is 3.92. The summed E-state index contributed by atoms with van der Waals surface area (Å²) in [6, 6.07) is 1.17. The zero-order valence-electron chi connectivity index (χ0n) is 15.9. The number of piperazine rings is 1. The van der Waals surface area contributed by atoms with E-state index < -0.39 is 11.7 Å². The highest BCUT2D eigenvalue weighted by atomic mass is 35.5. The Hall–Kier alpha value is -1.54. The smallest absolute Gasteiger partial charge is 0.353 e. The van der Waals surface area contributed by atoms with E-state index in [0.717, 1.165) is 31.5 Å². The van der Waals surface area contributed by atoms with Crippen LogP contribution in [0.5, 0.6) is 0 Å². The quantitative estimate of drug-likeness (QED) is 0.812. The Morgan fingerprint density at radius 3 is 2.54 bits per heavy atom. The summed E-state index contributed by atoms with van der Waals surface area (Å²) in [4.78, 5) is 20.2. The van der Waals surface area contributed by atoms with Crippen LogP contribution in [0.3, 0.4) is 0 Å². The first-order chi connectivity index (χ1) is 13.2. The lowest BCUT2D eigenvalue weighted by atomic mass is 9.86. The van der Waals surface area contributed by atoms with Gasteiger partial charge < -0.3 is 10.2 Å². The second kappa shape index (κ2) is 8.86. The van der Waals surface area contributed by atoms with Crippen molar-refractivity contribution in [3.05, 3.63) is 22.8 Å². The minimum Gasteiger partial charge on any atom is -0.353 e. The van der Waals surface area contributed by atoms with Crippen LogP contribution < -0.4 is 10.2 Å². The SMILES string of the molecule is CC1CCCCC1NC(=O)CN1CCN(c2ncc(C(F)(F)F)cc2Cl)CC1. The number of anilines is 1. The topological polar surface area (TPSA) is 48.5 Å². The molecule has 1 saturated heterocycles. The van der Waals surface area contributed by atoms with Gasteiger partial charge in [-0.1, -0.05) is 31.4 Å². The Morgan fingerprint density at radius 2 is 1.93 bits per heavy atom. The van der Waals surface area contributed by atoms with Gasteiger partial charge in [0.2, 0.25) is 5.91 Å². The van der Waals surface area contributed by atoms with E-state index in [0.29, 0.717) is 44.5 Å². The zero-order valence-corrected chi connectivity index (χ0v) is 16.7. The fourth-order valence-corrected chi connectivity index (χ4v) is 4.21. The number of carbonyl (C=O) groups is 1. The van der Waals surface area contributed by atoms with Crippen LogP contribution in [0.25, 0.3) is 0 Å². The first-order valence-corrected chi connectivity index (χ1v) is 10.1. The Morgan fingerprint density at radius 1 is 1.25 bits per heavy atom. The van der Waals surface area contributed by atoms with Gasteiger partial charge in [0.25, 0.3) is 0 Å². The van der Waals surface area contributed by atoms with Crippen LogP contribution in [0.15, 0.2) is 12.3 Å². The number of nitrogens with zero attached hydrogens (tertiary/aromatic N) is 3. The molecule has 156 valence electrons. The Balaban J connectivity index is 1.50. The van der Waals surface area contributed by atoms with Crippen LogP contribution in [0.2, 0.25) is 5.02 Å². The van der Waals surface area contributed by atoms with Crippen molar-refractivity contribution in [2.75, 3.05) is 37.6 Å². The maximum Gasteiger partial charge on any atom is 0.417 e. The third-order valence-electron chi connectivity index (χ3n) is 5.65. The predicted octanol–water partition coefficient (Wildman–Crippen LogP) is 3.57. The molecule has 1 aliphatic heterocycles. The number of alkyl halides is 3. The van der Waals surface area contributed by atoms with Crippen molar-refractivity contribution in [1.82, 2.24) is 15.2 Å². The molecule has 5 nitrogen and oxygen atoms in total. The van der Waals surface area contributed by atoms with Gasteiger partial charge in [-0.2, -0.15) is 13.2 Å². The second-order valence-corrected chi connectivity index (χ2v) is 8.13. The van der Waals surface area contributed by atoms with Crippen LogP contribution in [0.4, 0.5) is 19.0 Å². The molecule has 2 aliphatic rings. The van der Waals surface area contributed by atoms with Crippen molar-refractivity contribution >= 4 is 23.3 Å². The molecule has 0 radical (unpaired) electrons. The minimum absolute atomic E-state index is 0.00713.